The number of aromatic hydroxyl groups is 1. The van der Waals surface area contributed by atoms with E-state index in [1.54, 1.807) is 6.92 Å². The SMILES string of the molecule is CCCCn1c(=O)c(C=Nc2ccc([N+](=O)[O-])cc2C)c(O)n(CCCCl)c1=O. The number of alkyl halides is 1. The Labute approximate surface area is 172 Å². The van der Waals surface area contributed by atoms with Crippen LogP contribution < -0.4 is 11.2 Å². The monoisotopic (exact) mass is 422 g/mol. The molecule has 2 rings (SSSR count). The summed E-state index contributed by atoms with van der Waals surface area (Å²) in [5, 5.41) is 21.4. The summed E-state index contributed by atoms with van der Waals surface area (Å²) in [6.07, 6.45) is 3.05. The van der Waals surface area contributed by atoms with Crippen LogP contribution in [0.5, 0.6) is 5.88 Å². The zero-order chi connectivity index (χ0) is 21.6. The van der Waals surface area contributed by atoms with Crippen LogP contribution in [0.15, 0.2) is 32.8 Å². The smallest absolute Gasteiger partial charge is 0.333 e. The number of nitrogens with zero attached hydrogens (tertiary/aromatic N) is 4. The molecule has 1 heterocycles. The van der Waals surface area contributed by atoms with E-state index in [4.69, 9.17) is 11.6 Å². The summed E-state index contributed by atoms with van der Waals surface area (Å²) >= 11 is 5.70. The van der Waals surface area contributed by atoms with E-state index in [-0.39, 0.29) is 24.3 Å². The number of unbranched alkanes of at least 4 members (excludes halogenated alkanes) is 1. The quantitative estimate of drug-likeness (QED) is 0.288. The third-order valence-electron chi connectivity index (χ3n) is 4.41. The molecule has 0 aliphatic heterocycles. The Morgan fingerprint density at radius 3 is 2.52 bits per heavy atom. The number of nitro groups is 1. The van der Waals surface area contributed by atoms with Crippen LogP contribution in [-0.2, 0) is 13.1 Å². The molecule has 1 N–H and O–H groups in total. The molecule has 1 aromatic heterocycles. The van der Waals surface area contributed by atoms with Crippen LogP contribution in [0.1, 0.15) is 37.3 Å². The van der Waals surface area contributed by atoms with Gasteiger partial charge in [0.25, 0.3) is 11.2 Å². The maximum absolute atomic E-state index is 12.8. The van der Waals surface area contributed by atoms with Crippen LogP contribution in [0.25, 0.3) is 0 Å². The first kappa shape index (κ1) is 22.4. The molecule has 10 heteroatoms. The van der Waals surface area contributed by atoms with Crippen LogP contribution >= 0.6 is 11.6 Å². The number of aromatic nitrogens is 2. The maximum atomic E-state index is 12.8. The van der Waals surface area contributed by atoms with Gasteiger partial charge in [0.15, 0.2) is 0 Å². The maximum Gasteiger partial charge on any atom is 0.333 e. The van der Waals surface area contributed by atoms with E-state index in [0.29, 0.717) is 30.0 Å². The van der Waals surface area contributed by atoms with E-state index in [1.165, 1.54) is 24.4 Å². The third kappa shape index (κ3) is 5.11. The Morgan fingerprint density at radius 2 is 1.93 bits per heavy atom. The molecule has 29 heavy (non-hydrogen) atoms. The zero-order valence-electron chi connectivity index (χ0n) is 16.3. The molecule has 156 valence electrons. The van der Waals surface area contributed by atoms with E-state index < -0.39 is 22.1 Å². The molecule has 0 atom stereocenters. The highest BCUT2D eigenvalue weighted by atomic mass is 35.5. The van der Waals surface area contributed by atoms with E-state index in [9.17, 15) is 24.8 Å². The molecule has 0 amide bonds. The normalized spacial score (nSPS) is 11.3. The van der Waals surface area contributed by atoms with Crippen molar-refractivity contribution in [3.63, 3.8) is 0 Å². The highest BCUT2D eigenvalue weighted by Crippen LogP contribution is 2.24. The van der Waals surface area contributed by atoms with Crippen molar-refractivity contribution in [1.29, 1.82) is 0 Å². The molecule has 0 fully saturated rings. The van der Waals surface area contributed by atoms with Gasteiger partial charge in [0.1, 0.15) is 5.56 Å². The highest BCUT2D eigenvalue weighted by molar-refractivity contribution is 6.17. The number of hydrogen-bond donors (Lipinski definition) is 1. The van der Waals surface area contributed by atoms with Crippen LogP contribution in [-0.4, -0.2) is 31.3 Å². The van der Waals surface area contributed by atoms with Gasteiger partial charge in [0.2, 0.25) is 5.88 Å². The zero-order valence-corrected chi connectivity index (χ0v) is 17.1. The lowest BCUT2D eigenvalue weighted by Crippen LogP contribution is -2.41. The lowest BCUT2D eigenvalue weighted by atomic mass is 10.2. The largest absolute Gasteiger partial charge is 0.494 e. The lowest BCUT2D eigenvalue weighted by Gasteiger charge is -2.13. The summed E-state index contributed by atoms with van der Waals surface area (Å²) in [6.45, 7) is 3.99. The Hall–Kier alpha value is -2.94. The fourth-order valence-corrected chi connectivity index (χ4v) is 2.91. The minimum atomic E-state index is -0.633. The van der Waals surface area contributed by atoms with E-state index in [1.807, 2.05) is 6.92 Å². The molecule has 0 saturated carbocycles. The van der Waals surface area contributed by atoms with Crippen molar-refractivity contribution in [3.05, 3.63) is 60.3 Å². The van der Waals surface area contributed by atoms with Gasteiger partial charge in [-0.1, -0.05) is 13.3 Å². The van der Waals surface area contributed by atoms with E-state index >= 15 is 0 Å². The number of aryl methyl sites for hydroxylation is 1. The molecule has 1 aromatic carbocycles. The number of hydrogen-bond acceptors (Lipinski definition) is 6. The van der Waals surface area contributed by atoms with Gasteiger partial charge in [-0.25, -0.2) is 4.79 Å². The topological polar surface area (TPSA) is 120 Å². The van der Waals surface area contributed by atoms with Gasteiger partial charge in [-0.15, -0.1) is 11.6 Å². The van der Waals surface area contributed by atoms with Gasteiger partial charge in [0.05, 0.1) is 10.6 Å². The minimum Gasteiger partial charge on any atom is -0.494 e. The summed E-state index contributed by atoms with van der Waals surface area (Å²) in [7, 11) is 0. The summed E-state index contributed by atoms with van der Waals surface area (Å²) in [6, 6.07) is 4.13. The second-order valence-electron chi connectivity index (χ2n) is 6.51. The van der Waals surface area contributed by atoms with Gasteiger partial charge in [-0.2, -0.15) is 0 Å². The van der Waals surface area contributed by atoms with Crippen molar-refractivity contribution >= 4 is 29.2 Å². The van der Waals surface area contributed by atoms with E-state index in [2.05, 4.69) is 4.99 Å². The van der Waals surface area contributed by atoms with Crippen molar-refractivity contribution < 1.29 is 10.0 Å². The first-order chi connectivity index (χ1) is 13.8. The molecule has 0 aliphatic rings. The number of benzene rings is 1. The van der Waals surface area contributed by atoms with Crippen LogP contribution in [0.4, 0.5) is 11.4 Å². The molecule has 2 aromatic rings. The van der Waals surface area contributed by atoms with Gasteiger partial charge >= 0.3 is 5.69 Å². The second-order valence-corrected chi connectivity index (χ2v) is 6.89. The fraction of sp³-hybridized carbons (Fsp3) is 0.421. The van der Waals surface area contributed by atoms with Gasteiger partial charge in [-0.05, 0) is 31.4 Å². The lowest BCUT2D eigenvalue weighted by molar-refractivity contribution is -0.384. The number of rotatable bonds is 9. The number of aliphatic imine (C=N–C) groups is 1. The van der Waals surface area contributed by atoms with Crippen molar-refractivity contribution in [1.82, 2.24) is 9.13 Å². The van der Waals surface area contributed by atoms with Crippen LogP contribution in [0, 0.1) is 17.0 Å². The van der Waals surface area contributed by atoms with Crippen molar-refractivity contribution in [2.75, 3.05) is 5.88 Å². The van der Waals surface area contributed by atoms with Gasteiger partial charge in [-0.3, -0.25) is 29.0 Å². The predicted molar refractivity (Wildman–Crippen MR) is 112 cm³/mol. The Morgan fingerprint density at radius 1 is 1.24 bits per heavy atom. The minimum absolute atomic E-state index is 0.0687. The molecule has 0 bridgehead atoms. The summed E-state index contributed by atoms with van der Waals surface area (Å²) < 4.78 is 2.20. The molecular formula is C19H23ClN4O5. The molecule has 0 spiro atoms. The first-order valence-electron chi connectivity index (χ1n) is 9.23. The summed E-state index contributed by atoms with van der Waals surface area (Å²) in [5.74, 6) is -0.174. The number of nitro benzene ring substituents is 1. The van der Waals surface area contributed by atoms with Gasteiger partial charge < -0.3 is 5.11 Å². The average Bonchev–Trinajstić information content (AvgIpc) is 2.68. The number of non-ortho nitro benzene ring substituents is 1. The Kier molecular flexibility index (Phi) is 7.72. The standard InChI is InChI=1S/C19H23ClN4O5/c1-3-4-9-22-17(25)15(18(26)23(19(22)27)10-5-8-20)12-21-16-7-6-14(24(28)29)11-13(16)2/h6-7,11-12,26H,3-5,8-10H2,1-2H3. The Balaban J connectivity index is 2.56. The second kappa shape index (κ2) is 10.0. The molecule has 0 aliphatic carbocycles. The summed E-state index contributed by atoms with van der Waals surface area (Å²) in [4.78, 5) is 40.0. The van der Waals surface area contributed by atoms with Gasteiger partial charge in [0, 0.05) is 37.3 Å². The predicted octanol–water partition coefficient (Wildman–Crippen LogP) is 3.11. The third-order valence-corrected chi connectivity index (χ3v) is 4.68. The fourth-order valence-electron chi connectivity index (χ4n) is 2.79. The highest BCUT2D eigenvalue weighted by Gasteiger charge is 2.17. The molecule has 9 nitrogen and oxygen atoms in total. The van der Waals surface area contributed by atoms with Crippen molar-refractivity contribution in [2.24, 2.45) is 4.99 Å². The van der Waals surface area contributed by atoms with Crippen molar-refractivity contribution in [2.45, 2.75) is 46.2 Å². The number of halogens is 1. The van der Waals surface area contributed by atoms with Crippen molar-refractivity contribution in [3.8, 4) is 5.88 Å². The molecular weight excluding hydrogens is 400 g/mol. The van der Waals surface area contributed by atoms with Crippen LogP contribution in [0.2, 0.25) is 0 Å². The molecule has 0 saturated heterocycles. The van der Waals surface area contributed by atoms with Crippen LogP contribution in [0.3, 0.4) is 0 Å². The Bertz CT molecular complexity index is 1040. The molecule has 0 unspecified atom stereocenters. The average molecular weight is 423 g/mol. The summed E-state index contributed by atoms with van der Waals surface area (Å²) in [5.41, 5.74) is -0.459. The first-order valence-corrected chi connectivity index (χ1v) is 9.76. The molecule has 0 radical (unpaired) electrons. The van der Waals surface area contributed by atoms with E-state index in [0.717, 1.165) is 15.6 Å².